The van der Waals surface area contributed by atoms with E-state index < -0.39 is 0 Å². The van der Waals surface area contributed by atoms with Crippen LogP contribution >= 0.6 is 0 Å². The molecule has 7 heteroatoms. The molecule has 7 nitrogen and oxygen atoms in total. The third-order valence-corrected chi connectivity index (χ3v) is 4.36. The van der Waals surface area contributed by atoms with Crippen molar-refractivity contribution in [2.75, 3.05) is 44.7 Å². The predicted molar refractivity (Wildman–Crippen MR) is 101 cm³/mol. The molecular weight excluding hydrogens is 330 g/mol. The molecule has 1 saturated heterocycles. The number of rotatable bonds is 7. The van der Waals surface area contributed by atoms with E-state index in [2.05, 4.69) is 38.5 Å². The van der Waals surface area contributed by atoms with Crippen LogP contribution in [0.15, 0.2) is 36.7 Å². The van der Waals surface area contributed by atoms with Crippen molar-refractivity contribution in [1.29, 1.82) is 0 Å². The maximum atomic E-state index is 12.2. The molecule has 1 amide bonds. The first-order valence-electron chi connectivity index (χ1n) is 9.01. The van der Waals surface area contributed by atoms with Crippen LogP contribution in [0.25, 0.3) is 0 Å². The zero-order valence-electron chi connectivity index (χ0n) is 15.1. The van der Waals surface area contributed by atoms with Crippen LogP contribution in [0.4, 0.5) is 11.5 Å². The lowest BCUT2D eigenvalue weighted by Crippen LogP contribution is -2.41. The molecule has 0 unspecified atom stereocenters. The Kier molecular flexibility index (Phi) is 6.51. The molecule has 26 heavy (non-hydrogen) atoms. The number of aromatic nitrogens is 2. The average Bonchev–Trinajstić information content (AvgIpc) is 2.70. The van der Waals surface area contributed by atoms with E-state index in [0.717, 1.165) is 45.0 Å². The zero-order chi connectivity index (χ0) is 18.2. The molecule has 1 aromatic carbocycles. The van der Waals surface area contributed by atoms with E-state index in [0.29, 0.717) is 18.1 Å². The summed E-state index contributed by atoms with van der Waals surface area (Å²) in [6.07, 6.45) is 4.02. The van der Waals surface area contributed by atoms with E-state index in [-0.39, 0.29) is 5.91 Å². The summed E-state index contributed by atoms with van der Waals surface area (Å²) < 4.78 is 5.31. The minimum atomic E-state index is -0.203. The molecule has 138 valence electrons. The maximum absolute atomic E-state index is 12.2. The van der Waals surface area contributed by atoms with E-state index in [1.165, 1.54) is 11.8 Å². The van der Waals surface area contributed by atoms with Gasteiger partial charge in [0, 0.05) is 31.9 Å². The normalized spacial score (nSPS) is 14.8. The molecule has 3 rings (SSSR count). The summed E-state index contributed by atoms with van der Waals surface area (Å²) in [6.45, 7) is 6.85. The van der Waals surface area contributed by atoms with Crippen LogP contribution in [0.3, 0.4) is 0 Å². The number of hydrogen-bond acceptors (Lipinski definition) is 6. The molecule has 0 atom stereocenters. The number of carbonyl (C=O) groups excluding carboxylic acids is 1. The summed E-state index contributed by atoms with van der Waals surface area (Å²) >= 11 is 0. The molecule has 0 saturated carbocycles. The molecule has 0 bridgehead atoms. The van der Waals surface area contributed by atoms with Gasteiger partial charge in [-0.15, -0.1) is 0 Å². The summed E-state index contributed by atoms with van der Waals surface area (Å²) in [5.74, 6) is 0.419. The molecule has 2 N–H and O–H groups in total. The Balaban J connectivity index is 1.51. The van der Waals surface area contributed by atoms with Crippen molar-refractivity contribution >= 4 is 17.4 Å². The smallest absolute Gasteiger partial charge is 0.271 e. The van der Waals surface area contributed by atoms with E-state index in [4.69, 9.17) is 4.74 Å². The average molecular weight is 355 g/mol. The molecule has 1 fully saturated rings. The Morgan fingerprint density at radius 1 is 1.19 bits per heavy atom. The number of benzene rings is 1. The van der Waals surface area contributed by atoms with Crippen LogP contribution in [-0.4, -0.2) is 60.2 Å². The molecule has 1 aliphatic rings. The number of amides is 1. The highest BCUT2D eigenvalue weighted by molar-refractivity contribution is 5.92. The van der Waals surface area contributed by atoms with Crippen LogP contribution in [0.5, 0.6) is 0 Å². The highest BCUT2D eigenvalue weighted by atomic mass is 16.5. The zero-order valence-corrected chi connectivity index (χ0v) is 15.1. The van der Waals surface area contributed by atoms with Gasteiger partial charge in [0.05, 0.1) is 25.6 Å². The summed E-state index contributed by atoms with van der Waals surface area (Å²) in [7, 11) is 0. The second-order valence-corrected chi connectivity index (χ2v) is 6.13. The quantitative estimate of drug-likeness (QED) is 0.789. The van der Waals surface area contributed by atoms with Gasteiger partial charge in [0.15, 0.2) is 0 Å². The van der Waals surface area contributed by atoms with Gasteiger partial charge in [-0.05, 0) is 18.1 Å². The van der Waals surface area contributed by atoms with Crippen molar-refractivity contribution in [1.82, 2.24) is 20.2 Å². The van der Waals surface area contributed by atoms with Crippen molar-refractivity contribution < 1.29 is 9.53 Å². The van der Waals surface area contributed by atoms with Gasteiger partial charge in [0.1, 0.15) is 11.5 Å². The van der Waals surface area contributed by atoms with Gasteiger partial charge in [-0.1, -0.05) is 25.1 Å². The van der Waals surface area contributed by atoms with Gasteiger partial charge in [-0.2, -0.15) is 0 Å². The van der Waals surface area contributed by atoms with Crippen LogP contribution in [0.1, 0.15) is 23.0 Å². The molecular formula is C19H25N5O2. The van der Waals surface area contributed by atoms with Crippen LogP contribution in [0, 0.1) is 0 Å². The summed E-state index contributed by atoms with van der Waals surface area (Å²) in [4.78, 5) is 23.0. The van der Waals surface area contributed by atoms with Crippen molar-refractivity contribution in [2.45, 2.75) is 13.3 Å². The summed E-state index contributed by atoms with van der Waals surface area (Å²) in [5, 5.41) is 6.14. The number of ether oxygens (including phenoxy) is 1. The van der Waals surface area contributed by atoms with Gasteiger partial charge < -0.3 is 15.4 Å². The summed E-state index contributed by atoms with van der Waals surface area (Å²) in [5.41, 5.74) is 2.53. The third-order valence-electron chi connectivity index (χ3n) is 4.36. The molecule has 1 aromatic heterocycles. The Bertz CT molecular complexity index is 714. The molecule has 0 aliphatic carbocycles. The lowest BCUT2D eigenvalue weighted by Gasteiger charge is -2.26. The van der Waals surface area contributed by atoms with Crippen molar-refractivity contribution in [3.63, 3.8) is 0 Å². The number of nitrogens with zero attached hydrogens (tertiary/aromatic N) is 3. The first kappa shape index (κ1) is 18.3. The van der Waals surface area contributed by atoms with Gasteiger partial charge in [0.25, 0.3) is 5.91 Å². The second-order valence-electron chi connectivity index (χ2n) is 6.13. The van der Waals surface area contributed by atoms with Crippen molar-refractivity contribution in [3.05, 3.63) is 47.9 Å². The third kappa shape index (κ3) is 5.00. The largest absolute Gasteiger partial charge is 0.379 e. The first-order valence-corrected chi connectivity index (χ1v) is 9.01. The number of nitrogens with one attached hydrogen (secondary N) is 2. The fraction of sp³-hybridized carbons (Fsp3) is 0.421. The number of para-hydroxylation sites is 1. The van der Waals surface area contributed by atoms with Crippen molar-refractivity contribution in [2.24, 2.45) is 0 Å². The first-order chi connectivity index (χ1) is 12.8. The van der Waals surface area contributed by atoms with E-state index in [1.807, 2.05) is 18.2 Å². The fourth-order valence-electron chi connectivity index (χ4n) is 2.84. The second kappa shape index (κ2) is 9.26. The van der Waals surface area contributed by atoms with Gasteiger partial charge in [-0.25, -0.2) is 9.97 Å². The Morgan fingerprint density at radius 3 is 2.73 bits per heavy atom. The minimum Gasteiger partial charge on any atom is -0.379 e. The Labute approximate surface area is 153 Å². The molecule has 0 spiro atoms. The number of hydrogen-bond donors (Lipinski definition) is 2. The highest BCUT2D eigenvalue weighted by Gasteiger charge is 2.12. The monoisotopic (exact) mass is 355 g/mol. The number of carbonyl (C=O) groups is 1. The SMILES string of the molecule is CCc1ccccc1Nc1cnc(C(=O)NCCN2CCOCC2)cn1. The lowest BCUT2D eigenvalue weighted by atomic mass is 10.1. The van der Waals surface area contributed by atoms with E-state index in [9.17, 15) is 4.79 Å². The Hall–Kier alpha value is -2.51. The number of aryl methyl sites for hydroxylation is 1. The summed E-state index contributed by atoms with van der Waals surface area (Å²) in [6, 6.07) is 8.07. The standard InChI is InChI=1S/C19H25N5O2/c1-2-15-5-3-4-6-16(15)23-18-14-21-17(13-22-18)19(25)20-7-8-24-9-11-26-12-10-24/h3-6,13-14H,2,7-12H2,1H3,(H,20,25)(H,22,23). The van der Waals surface area contributed by atoms with Gasteiger partial charge in [0.2, 0.25) is 0 Å². The van der Waals surface area contributed by atoms with E-state index >= 15 is 0 Å². The van der Waals surface area contributed by atoms with Crippen molar-refractivity contribution in [3.8, 4) is 0 Å². The van der Waals surface area contributed by atoms with E-state index in [1.54, 1.807) is 6.20 Å². The number of morpholine rings is 1. The number of anilines is 2. The highest BCUT2D eigenvalue weighted by Crippen LogP contribution is 2.19. The van der Waals surface area contributed by atoms with Gasteiger partial charge >= 0.3 is 0 Å². The minimum absolute atomic E-state index is 0.203. The Morgan fingerprint density at radius 2 is 2.00 bits per heavy atom. The molecule has 1 aliphatic heterocycles. The predicted octanol–water partition coefficient (Wildman–Crippen LogP) is 1.84. The molecule has 2 heterocycles. The van der Waals surface area contributed by atoms with Gasteiger partial charge in [-0.3, -0.25) is 9.69 Å². The molecule has 2 aromatic rings. The fourth-order valence-corrected chi connectivity index (χ4v) is 2.84. The van der Waals surface area contributed by atoms with Crippen LogP contribution in [0.2, 0.25) is 0 Å². The molecule has 0 radical (unpaired) electrons. The topological polar surface area (TPSA) is 79.4 Å². The van der Waals surface area contributed by atoms with Crippen LogP contribution < -0.4 is 10.6 Å². The maximum Gasteiger partial charge on any atom is 0.271 e. The lowest BCUT2D eigenvalue weighted by molar-refractivity contribution is 0.0383. The van der Waals surface area contributed by atoms with Crippen LogP contribution in [-0.2, 0) is 11.2 Å².